The first-order valence-electron chi connectivity index (χ1n) is 9.07. The summed E-state index contributed by atoms with van der Waals surface area (Å²) in [5.41, 5.74) is 1.96. The molecule has 0 atom stereocenters. The Kier molecular flexibility index (Phi) is 6.43. The number of carbonyl (C=O) groups is 1. The number of rotatable bonds is 8. The molecule has 0 aliphatic carbocycles. The second-order valence-corrected chi connectivity index (χ2v) is 6.44. The van der Waals surface area contributed by atoms with Gasteiger partial charge >= 0.3 is 0 Å². The fourth-order valence-electron chi connectivity index (χ4n) is 2.71. The number of benzene rings is 2. The van der Waals surface area contributed by atoms with Crippen LogP contribution in [0.3, 0.4) is 0 Å². The quantitative estimate of drug-likeness (QED) is 0.624. The Morgan fingerprint density at radius 3 is 2.66 bits per heavy atom. The molecule has 1 amide bonds. The molecule has 1 N–H and O–H groups in total. The SMILES string of the molecule is COc1ccc(CNC(=O)CCc2nc(-c3ccc(C)c(F)c3)no2)cc1OC. The van der Waals surface area contributed by atoms with Gasteiger partial charge in [-0.05, 0) is 36.2 Å². The molecule has 0 bridgehead atoms. The van der Waals surface area contributed by atoms with Crippen LogP contribution in [0.5, 0.6) is 11.5 Å². The predicted molar refractivity (Wildman–Crippen MR) is 104 cm³/mol. The zero-order valence-electron chi connectivity index (χ0n) is 16.5. The first-order valence-corrected chi connectivity index (χ1v) is 9.07. The fourth-order valence-corrected chi connectivity index (χ4v) is 2.71. The van der Waals surface area contributed by atoms with Crippen molar-refractivity contribution in [2.24, 2.45) is 0 Å². The van der Waals surface area contributed by atoms with Crippen molar-refractivity contribution in [2.75, 3.05) is 14.2 Å². The van der Waals surface area contributed by atoms with E-state index >= 15 is 0 Å². The van der Waals surface area contributed by atoms with Gasteiger partial charge in [0.05, 0.1) is 14.2 Å². The number of methoxy groups -OCH3 is 2. The average Bonchev–Trinajstić information content (AvgIpc) is 3.21. The highest BCUT2D eigenvalue weighted by Gasteiger charge is 2.12. The van der Waals surface area contributed by atoms with Crippen LogP contribution in [-0.4, -0.2) is 30.3 Å². The first kappa shape index (κ1) is 20.3. The minimum Gasteiger partial charge on any atom is -0.493 e. The van der Waals surface area contributed by atoms with Gasteiger partial charge in [-0.15, -0.1) is 0 Å². The summed E-state index contributed by atoms with van der Waals surface area (Å²) in [6.45, 7) is 2.04. The van der Waals surface area contributed by atoms with Crippen LogP contribution in [0.4, 0.5) is 4.39 Å². The molecule has 2 aromatic carbocycles. The lowest BCUT2D eigenvalue weighted by Gasteiger charge is -2.10. The van der Waals surface area contributed by atoms with Gasteiger partial charge in [-0.1, -0.05) is 23.4 Å². The number of amides is 1. The zero-order valence-corrected chi connectivity index (χ0v) is 16.5. The lowest BCUT2D eigenvalue weighted by molar-refractivity contribution is -0.121. The number of carbonyl (C=O) groups excluding carboxylic acids is 1. The number of hydrogen-bond acceptors (Lipinski definition) is 6. The summed E-state index contributed by atoms with van der Waals surface area (Å²) in [4.78, 5) is 16.3. The summed E-state index contributed by atoms with van der Waals surface area (Å²) in [7, 11) is 3.13. The number of nitrogens with one attached hydrogen (secondary N) is 1. The maximum atomic E-state index is 13.7. The molecule has 0 unspecified atom stereocenters. The topological polar surface area (TPSA) is 86.5 Å². The maximum absolute atomic E-state index is 13.7. The van der Waals surface area contributed by atoms with Crippen LogP contribution in [0.15, 0.2) is 40.9 Å². The van der Waals surface area contributed by atoms with Crippen molar-refractivity contribution in [3.8, 4) is 22.9 Å². The molecule has 8 heteroatoms. The molecule has 0 saturated heterocycles. The van der Waals surface area contributed by atoms with E-state index in [-0.39, 0.29) is 18.1 Å². The Hall–Kier alpha value is -3.42. The monoisotopic (exact) mass is 399 g/mol. The Labute approximate surface area is 167 Å². The van der Waals surface area contributed by atoms with Gasteiger partial charge in [0, 0.05) is 24.9 Å². The second-order valence-electron chi connectivity index (χ2n) is 6.44. The van der Waals surface area contributed by atoms with Crippen LogP contribution in [0.1, 0.15) is 23.4 Å². The largest absolute Gasteiger partial charge is 0.493 e. The smallest absolute Gasteiger partial charge is 0.227 e. The lowest BCUT2D eigenvalue weighted by atomic mass is 10.1. The third-order valence-corrected chi connectivity index (χ3v) is 4.40. The van der Waals surface area contributed by atoms with Crippen molar-refractivity contribution in [3.63, 3.8) is 0 Å². The van der Waals surface area contributed by atoms with Crippen molar-refractivity contribution in [2.45, 2.75) is 26.3 Å². The summed E-state index contributed by atoms with van der Waals surface area (Å²) in [6, 6.07) is 10.2. The summed E-state index contributed by atoms with van der Waals surface area (Å²) < 4.78 is 29.3. The van der Waals surface area contributed by atoms with Crippen LogP contribution in [0.2, 0.25) is 0 Å². The van der Waals surface area contributed by atoms with Crippen LogP contribution < -0.4 is 14.8 Å². The molecule has 3 aromatic rings. The predicted octanol–water partition coefficient (Wildman–Crippen LogP) is 3.45. The van der Waals surface area contributed by atoms with Gasteiger partial charge in [-0.2, -0.15) is 4.98 Å². The molecule has 0 fully saturated rings. The van der Waals surface area contributed by atoms with Gasteiger partial charge in [-0.3, -0.25) is 4.79 Å². The average molecular weight is 399 g/mol. The number of aromatic nitrogens is 2. The Bertz CT molecular complexity index is 1000. The minimum atomic E-state index is -0.330. The third-order valence-electron chi connectivity index (χ3n) is 4.40. The van der Waals surface area contributed by atoms with Crippen molar-refractivity contribution < 1.29 is 23.2 Å². The van der Waals surface area contributed by atoms with Crippen molar-refractivity contribution in [1.29, 1.82) is 0 Å². The standard InChI is InChI=1S/C21H22FN3O4/c1-13-4-6-15(11-16(13)22)21-24-20(29-25-21)9-8-19(26)23-12-14-5-7-17(27-2)18(10-14)28-3/h4-7,10-11H,8-9,12H2,1-3H3,(H,23,26). The van der Waals surface area contributed by atoms with E-state index in [2.05, 4.69) is 15.5 Å². The number of nitrogens with zero attached hydrogens (tertiary/aromatic N) is 2. The molecule has 3 rings (SSSR count). The normalized spacial score (nSPS) is 10.6. The van der Waals surface area contributed by atoms with Crippen LogP contribution in [-0.2, 0) is 17.8 Å². The Morgan fingerprint density at radius 1 is 1.14 bits per heavy atom. The van der Waals surface area contributed by atoms with E-state index in [1.165, 1.54) is 6.07 Å². The van der Waals surface area contributed by atoms with Gasteiger partial charge in [0.2, 0.25) is 17.6 Å². The van der Waals surface area contributed by atoms with Crippen LogP contribution in [0, 0.1) is 12.7 Å². The summed E-state index contributed by atoms with van der Waals surface area (Å²) in [6.07, 6.45) is 0.482. The molecule has 7 nitrogen and oxygen atoms in total. The maximum Gasteiger partial charge on any atom is 0.227 e. The van der Waals surface area contributed by atoms with E-state index in [1.54, 1.807) is 39.3 Å². The second kappa shape index (κ2) is 9.18. The Balaban J connectivity index is 1.52. The number of halogens is 1. The summed E-state index contributed by atoms with van der Waals surface area (Å²) in [5.74, 6) is 1.37. The highest BCUT2D eigenvalue weighted by atomic mass is 19.1. The van der Waals surface area contributed by atoms with E-state index in [0.717, 1.165) is 5.56 Å². The first-order chi connectivity index (χ1) is 14.0. The van der Waals surface area contributed by atoms with Gasteiger partial charge in [0.25, 0.3) is 0 Å². The summed E-state index contributed by atoms with van der Waals surface area (Å²) >= 11 is 0. The van der Waals surface area contributed by atoms with E-state index in [0.29, 0.717) is 47.3 Å². The van der Waals surface area contributed by atoms with Crippen molar-refractivity contribution in [1.82, 2.24) is 15.5 Å². The highest BCUT2D eigenvalue weighted by Crippen LogP contribution is 2.27. The van der Waals surface area contributed by atoms with E-state index in [4.69, 9.17) is 14.0 Å². The molecule has 29 heavy (non-hydrogen) atoms. The molecule has 1 aromatic heterocycles. The van der Waals surface area contributed by atoms with Crippen LogP contribution in [0.25, 0.3) is 11.4 Å². The van der Waals surface area contributed by atoms with Gasteiger partial charge in [-0.25, -0.2) is 4.39 Å². The molecule has 0 aliphatic rings. The fraction of sp³-hybridized carbons (Fsp3) is 0.286. The minimum absolute atomic E-state index is 0.152. The summed E-state index contributed by atoms with van der Waals surface area (Å²) in [5, 5.41) is 6.69. The lowest BCUT2D eigenvalue weighted by Crippen LogP contribution is -2.23. The molecular weight excluding hydrogens is 377 g/mol. The van der Waals surface area contributed by atoms with E-state index in [1.807, 2.05) is 12.1 Å². The molecule has 0 saturated carbocycles. The number of aryl methyl sites for hydroxylation is 2. The zero-order chi connectivity index (χ0) is 20.8. The number of hydrogen-bond donors (Lipinski definition) is 1. The molecule has 0 spiro atoms. The van der Waals surface area contributed by atoms with Gasteiger partial charge in [0.15, 0.2) is 11.5 Å². The number of ether oxygens (including phenoxy) is 2. The molecule has 1 heterocycles. The van der Waals surface area contributed by atoms with E-state index < -0.39 is 0 Å². The van der Waals surface area contributed by atoms with Crippen LogP contribution >= 0.6 is 0 Å². The van der Waals surface area contributed by atoms with E-state index in [9.17, 15) is 9.18 Å². The highest BCUT2D eigenvalue weighted by molar-refractivity contribution is 5.76. The molecule has 152 valence electrons. The molecule has 0 radical (unpaired) electrons. The Morgan fingerprint density at radius 2 is 1.93 bits per heavy atom. The van der Waals surface area contributed by atoms with Crippen molar-refractivity contribution in [3.05, 3.63) is 59.2 Å². The van der Waals surface area contributed by atoms with Gasteiger partial charge in [0.1, 0.15) is 5.82 Å². The van der Waals surface area contributed by atoms with Crippen molar-refractivity contribution >= 4 is 5.91 Å². The third kappa shape index (κ3) is 5.10. The van der Waals surface area contributed by atoms with Gasteiger partial charge < -0.3 is 19.3 Å². The molecule has 0 aliphatic heterocycles. The molecular formula is C21H22FN3O4.